The Labute approximate surface area is 176 Å². The van der Waals surface area contributed by atoms with Gasteiger partial charge in [0.1, 0.15) is 0 Å². The minimum Gasteiger partial charge on any atom is -0.312 e. The van der Waals surface area contributed by atoms with Crippen molar-refractivity contribution in [2.75, 3.05) is 37.6 Å². The number of fused-ring (bicyclic) bond motifs is 1. The van der Waals surface area contributed by atoms with E-state index in [-0.39, 0.29) is 29.0 Å². The molecule has 1 aromatic carbocycles. The Bertz CT molecular complexity index is 932. The number of carbonyl (C=O) groups is 1. The number of amides is 1. The lowest BCUT2D eigenvalue weighted by molar-refractivity contribution is -0.120. The zero-order valence-electron chi connectivity index (χ0n) is 17.7. The Morgan fingerprint density at radius 2 is 2.00 bits per heavy atom. The molecule has 1 fully saturated rings. The molecule has 0 spiro atoms. The second-order valence-electron chi connectivity index (χ2n) is 8.99. The number of halogens is 2. The van der Waals surface area contributed by atoms with Crippen LogP contribution in [0.4, 0.5) is 14.5 Å². The minimum absolute atomic E-state index is 0.0714. The lowest BCUT2D eigenvalue weighted by Gasteiger charge is -2.32. The number of rotatable bonds is 4. The van der Waals surface area contributed by atoms with Crippen LogP contribution >= 0.6 is 0 Å². The van der Waals surface area contributed by atoms with E-state index in [1.54, 1.807) is 23.1 Å². The molecular weight excluding hydrogens is 386 g/mol. The summed E-state index contributed by atoms with van der Waals surface area (Å²) in [5.41, 5.74) is 0.524. The summed E-state index contributed by atoms with van der Waals surface area (Å²) in [5, 5.41) is 3.36. The van der Waals surface area contributed by atoms with Crippen molar-refractivity contribution in [1.29, 1.82) is 0 Å². The molecule has 160 valence electrons. The number of carbonyl (C=O) groups excluding carboxylic acids is 1. The molecule has 5 nitrogen and oxygen atoms in total. The number of benzene rings is 1. The highest BCUT2D eigenvalue weighted by Gasteiger charge is 2.42. The number of nitrogens with zero attached hydrogens (tertiary/aromatic N) is 3. The lowest BCUT2D eigenvalue weighted by atomic mass is 9.90. The van der Waals surface area contributed by atoms with E-state index < -0.39 is 5.92 Å². The number of piperazine rings is 1. The van der Waals surface area contributed by atoms with E-state index in [0.717, 1.165) is 19.6 Å². The SMILES string of the molecule is CC1CN(CC(=O)N2CC(C)(C)c3ncc(C(F)(F)c4ccccc4)cc32)CCN1. The molecule has 2 aliphatic rings. The summed E-state index contributed by atoms with van der Waals surface area (Å²) in [5.74, 6) is -3.25. The maximum atomic E-state index is 15.1. The number of hydrogen-bond donors (Lipinski definition) is 1. The minimum atomic E-state index is -3.18. The quantitative estimate of drug-likeness (QED) is 0.835. The third kappa shape index (κ3) is 3.84. The van der Waals surface area contributed by atoms with Gasteiger partial charge in [0.05, 0.1) is 17.9 Å². The monoisotopic (exact) mass is 414 g/mol. The first-order valence-electron chi connectivity index (χ1n) is 10.4. The molecule has 1 unspecified atom stereocenters. The van der Waals surface area contributed by atoms with Gasteiger partial charge in [0.25, 0.3) is 5.92 Å². The lowest BCUT2D eigenvalue weighted by Crippen LogP contribution is -2.52. The fourth-order valence-corrected chi connectivity index (χ4v) is 4.38. The van der Waals surface area contributed by atoms with Crippen LogP contribution in [0.3, 0.4) is 0 Å². The van der Waals surface area contributed by atoms with Gasteiger partial charge in [-0.2, -0.15) is 8.78 Å². The summed E-state index contributed by atoms with van der Waals surface area (Å²) in [7, 11) is 0. The summed E-state index contributed by atoms with van der Waals surface area (Å²) in [6.07, 6.45) is 1.25. The second kappa shape index (κ2) is 7.71. The number of anilines is 1. The Morgan fingerprint density at radius 1 is 1.27 bits per heavy atom. The molecule has 2 aliphatic heterocycles. The summed E-state index contributed by atoms with van der Waals surface area (Å²) in [4.78, 5) is 21.3. The average Bonchev–Trinajstić information content (AvgIpc) is 2.99. The number of nitrogens with one attached hydrogen (secondary N) is 1. The van der Waals surface area contributed by atoms with E-state index in [2.05, 4.69) is 22.1 Å². The molecule has 0 aliphatic carbocycles. The van der Waals surface area contributed by atoms with E-state index in [1.807, 2.05) is 13.8 Å². The highest BCUT2D eigenvalue weighted by atomic mass is 19.3. The van der Waals surface area contributed by atoms with Gasteiger partial charge in [-0.3, -0.25) is 14.7 Å². The van der Waals surface area contributed by atoms with Crippen LogP contribution in [0, 0.1) is 0 Å². The fourth-order valence-electron chi connectivity index (χ4n) is 4.38. The van der Waals surface area contributed by atoms with Gasteiger partial charge in [-0.15, -0.1) is 0 Å². The molecule has 0 radical (unpaired) electrons. The Morgan fingerprint density at radius 3 is 2.70 bits per heavy atom. The average molecular weight is 415 g/mol. The van der Waals surface area contributed by atoms with Crippen molar-refractivity contribution in [2.24, 2.45) is 0 Å². The summed E-state index contributed by atoms with van der Waals surface area (Å²) < 4.78 is 30.3. The first-order valence-corrected chi connectivity index (χ1v) is 10.4. The molecule has 30 heavy (non-hydrogen) atoms. The topological polar surface area (TPSA) is 48.5 Å². The van der Waals surface area contributed by atoms with Crippen molar-refractivity contribution in [3.63, 3.8) is 0 Å². The Hall–Kier alpha value is -2.38. The van der Waals surface area contributed by atoms with Crippen molar-refractivity contribution >= 4 is 11.6 Å². The second-order valence-corrected chi connectivity index (χ2v) is 8.99. The van der Waals surface area contributed by atoms with Crippen LogP contribution in [-0.4, -0.2) is 54.6 Å². The molecule has 2 aromatic rings. The van der Waals surface area contributed by atoms with E-state index in [0.29, 0.717) is 24.0 Å². The van der Waals surface area contributed by atoms with Crippen LogP contribution in [-0.2, 0) is 16.1 Å². The number of aromatic nitrogens is 1. The summed E-state index contributed by atoms with van der Waals surface area (Å²) in [6.45, 7) is 9.22. The van der Waals surface area contributed by atoms with Crippen LogP contribution in [0.2, 0.25) is 0 Å². The zero-order valence-corrected chi connectivity index (χ0v) is 17.7. The molecule has 4 rings (SSSR count). The third-order valence-electron chi connectivity index (χ3n) is 5.96. The fraction of sp³-hybridized carbons (Fsp3) is 0.478. The molecule has 0 bridgehead atoms. The molecule has 0 saturated carbocycles. The molecular formula is C23H28F2N4O. The normalized spacial score (nSPS) is 21.5. The van der Waals surface area contributed by atoms with E-state index in [9.17, 15) is 4.79 Å². The van der Waals surface area contributed by atoms with Crippen LogP contribution in [0.15, 0.2) is 42.6 Å². The maximum Gasteiger partial charge on any atom is 0.300 e. The number of pyridine rings is 1. The molecule has 1 saturated heterocycles. The Kier molecular flexibility index (Phi) is 5.36. The first-order chi connectivity index (χ1) is 14.2. The summed E-state index contributed by atoms with van der Waals surface area (Å²) >= 11 is 0. The predicted molar refractivity (Wildman–Crippen MR) is 113 cm³/mol. The zero-order chi connectivity index (χ0) is 21.5. The molecule has 1 N–H and O–H groups in total. The van der Waals surface area contributed by atoms with Crippen LogP contribution in [0.5, 0.6) is 0 Å². The summed E-state index contributed by atoms with van der Waals surface area (Å²) in [6, 6.07) is 9.49. The van der Waals surface area contributed by atoms with Gasteiger partial charge in [0, 0.05) is 55.0 Å². The van der Waals surface area contributed by atoms with Crippen molar-refractivity contribution < 1.29 is 13.6 Å². The smallest absolute Gasteiger partial charge is 0.300 e. The molecule has 1 amide bonds. The van der Waals surface area contributed by atoms with E-state index in [1.165, 1.54) is 24.4 Å². The number of hydrogen-bond acceptors (Lipinski definition) is 4. The van der Waals surface area contributed by atoms with Crippen LogP contribution < -0.4 is 10.2 Å². The van der Waals surface area contributed by atoms with Crippen molar-refractivity contribution in [3.05, 3.63) is 59.4 Å². The maximum absolute atomic E-state index is 15.1. The molecule has 1 atom stereocenters. The van der Waals surface area contributed by atoms with Gasteiger partial charge < -0.3 is 10.2 Å². The van der Waals surface area contributed by atoms with Crippen molar-refractivity contribution in [3.8, 4) is 0 Å². The van der Waals surface area contributed by atoms with Gasteiger partial charge in [-0.1, -0.05) is 44.2 Å². The Balaban J connectivity index is 1.64. The van der Waals surface area contributed by atoms with Gasteiger partial charge in [-0.25, -0.2) is 0 Å². The largest absolute Gasteiger partial charge is 0.312 e. The standard InChI is InChI=1S/C23H28F2N4O/c1-16-13-28(10-9-26-16)14-20(30)29-15-22(2,3)21-19(29)11-18(12-27-21)23(24,25)17-7-5-4-6-8-17/h4-8,11-12,16,26H,9-10,13-15H2,1-3H3. The van der Waals surface area contributed by atoms with E-state index >= 15 is 8.78 Å². The van der Waals surface area contributed by atoms with Gasteiger partial charge in [0.15, 0.2) is 0 Å². The molecule has 1 aromatic heterocycles. The third-order valence-corrected chi connectivity index (χ3v) is 5.96. The van der Waals surface area contributed by atoms with Crippen molar-refractivity contribution in [1.82, 2.24) is 15.2 Å². The predicted octanol–water partition coefficient (Wildman–Crippen LogP) is 3.14. The first kappa shape index (κ1) is 20.9. The van der Waals surface area contributed by atoms with Crippen LogP contribution in [0.1, 0.15) is 37.6 Å². The van der Waals surface area contributed by atoms with Gasteiger partial charge in [0.2, 0.25) is 5.91 Å². The van der Waals surface area contributed by atoms with Gasteiger partial charge in [-0.05, 0) is 13.0 Å². The van der Waals surface area contributed by atoms with E-state index in [4.69, 9.17) is 0 Å². The van der Waals surface area contributed by atoms with Crippen LogP contribution in [0.25, 0.3) is 0 Å². The van der Waals surface area contributed by atoms with Gasteiger partial charge >= 0.3 is 0 Å². The van der Waals surface area contributed by atoms with Crippen molar-refractivity contribution in [2.45, 2.75) is 38.2 Å². The molecule has 3 heterocycles. The highest BCUT2D eigenvalue weighted by molar-refractivity contribution is 5.97. The number of alkyl halides is 2. The molecule has 7 heteroatoms. The highest BCUT2D eigenvalue weighted by Crippen LogP contribution is 2.43.